The molecular weight excluding hydrogens is 388 g/mol. The molecule has 0 fully saturated rings. The number of hydroxylamine groups is 1. The number of carbonyl (C=O) groups is 2. The Kier molecular flexibility index (Phi) is 6.94. The van der Waals surface area contributed by atoms with Crippen molar-refractivity contribution in [2.75, 3.05) is 17.3 Å². The van der Waals surface area contributed by atoms with Gasteiger partial charge in [-0.05, 0) is 35.6 Å². The molecule has 0 saturated carbocycles. The van der Waals surface area contributed by atoms with Gasteiger partial charge in [-0.1, -0.05) is 30.3 Å². The molecule has 2 aromatic heterocycles. The summed E-state index contributed by atoms with van der Waals surface area (Å²) in [6.07, 6.45) is 5.76. The average molecular weight is 408 g/mol. The van der Waals surface area contributed by atoms with Gasteiger partial charge in [-0.25, -0.2) is 10.5 Å². The van der Waals surface area contributed by atoms with Gasteiger partial charge in [0.1, 0.15) is 5.82 Å². The standard InChI is InChI=1S/C21H20N4O3S/c1-29-10-8-20(26)24-19-12-17(21(27)25-28)11-18(23-19)15-6-4-14(5-7-15)16-3-2-9-22-13-16/h2-7,9,11-13,28H,8,10H2,1H3,(H,25,27)(H,23,24,26). The van der Waals surface area contributed by atoms with Gasteiger partial charge in [-0.15, -0.1) is 0 Å². The first-order valence-electron chi connectivity index (χ1n) is 8.87. The number of aromatic nitrogens is 2. The first kappa shape index (κ1) is 20.5. The van der Waals surface area contributed by atoms with Crippen LogP contribution in [0.3, 0.4) is 0 Å². The van der Waals surface area contributed by atoms with Crippen molar-refractivity contribution in [3.05, 3.63) is 66.5 Å². The van der Waals surface area contributed by atoms with Crippen LogP contribution in [0.2, 0.25) is 0 Å². The molecule has 7 nitrogen and oxygen atoms in total. The second kappa shape index (κ2) is 9.81. The van der Waals surface area contributed by atoms with Gasteiger partial charge in [0.05, 0.1) is 5.69 Å². The number of benzene rings is 1. The van der Waals surface area contributed by atoms with Gasteiger partial charge in [0.25, 0.3) is 5.91 Å². The second-order valence-corrected chi connectivity index (χ2v) is 7.16. The van der Waals surface area contributed by atoms with Crippen molar-refractivity contribution in [3.63, 3.8) is 0 Å². The zero-order valence-electron chi connectivity index (χ0n) is 15.8. The molecule has 0 radical (unpaired) electrons. The van der Waals surface area contributed by atoms with Crippen molar-refractivity contribution in [2.24, 2.45) is 0 Å². The lowest BCUT2D eigenvalue weighted by Crippen LogP contribution is -2.20. The highest BCUT2D eigenvalue weighted by Gasteiger charge is 2.13. The van der Waals surface area contributed by atoms with Crippen LogP contribution in [-0.4, -0.2) is 39.0 Å². The Morgan fingerprint density at radius 2 is 1.83 bits per heavy atom. The molecule has 1 aromatic carbocycles. The van der Waals surface area contributed by atoms with E-state index in [4.69, 9.17) is 5.21 Å². The van der Waals surface area contributed by atoms with E-state index >= 15 is 0 Å². The zero-order chi connectivity index (χ0) is 20.6. The summed E-state index contributed by atoms with van der Waals surface area (Å²) >= 11 is 1.57. The molecule has 3 aromatic rings. The SMILES string of the molecule is CSCCC(=O)Nc1cc(C(=O)NO)cc(-c2ccc(-c3cccnc3)cc2)n1. The van der Waals surface area contributed by atoms with Crippen LogP contribution in [0, 0.1) is 0 Å². The van der Waals surface area contributed by atoms with E-state index < -0.39 is 5.91 Å². The lowest BCUT2D eigenvalue weighted by Gasteiger charge is -2.10. The van der Waals surface area contributed by atoms with Gasteiger partial charge >= 0.3 is 0 Å². The topological polar surface area (TPSA) is 104 Å². The number of thioether (sulfide) groups is 1. The Balaban J connectivity index is 1.91. The van der Waals surface area contributed by atoms with Gasteiger partial charge in [0.15, 0.2) is 0 Å². The Labute approximate surface area is 172 Å². The third kappa shape index (κ3) is 5.40. The molecule has 8 heteroatoms. The number of nitrogens with zero attached hydrogens (tertiary/aromatic N) is 2. The van der Waals surface area contributed by atoms with Crippen LogP contribution >= 0.6 is 11.8 Å². The zero-order valence-corrected chi connectivity index (χ0v) is 16.6. The summed E-state index contributed by atoms with van der Waals surface area (Å²) in [7, 11) is 0. The quantitative estimate of drug-likeness (QED) is 0.407. The fraction of sp³-hybridized carbons (Fsp3) is 0.143. The summed E-state index contributed by atoms with van der Waals surface area (Å²) in [5.41, 5.74) is 5.06. The summed E-state index contributed by atoms with van der Waals surface area (Å²) in [5, 5.41) is 11.7. The number of anilines is 1. The summed E-state index contributed by atoms with van der Waals surface area (Å²) < 4.78 is 0. The van der Waals surface area contributed by atoms with Crippen molar-refractivity contribution in [1.29, 1.82) is 0 Å². The summed E-state index contributed by atoms with van der Waals surface area (Å²) in [5.74, 6) is 0.0701. The third-order valence-corrected chi connectivity index (χ3v) is 4.78. The molecule has 0 aliphatic heterocycles. The van der Waals surface area contributed by atoms with Crippen molar-refractivity contribution < 1.29 is 14.8 Å². The lowest BCUT2D eigenvalue weighted by molar-refractivity contribution is -0.115. The number of carbonyl (C=O) groups excluding carboxylic acids is 2. The highest BCUT2D eigenvalue weighted by molar-refractivity contribution is 7.98. The first-order chi connectivity index (χ1) is 14.1. The predicted octanol–water partition coefficient (Wildman–Crippen LogP) is 3.62. The number of nitrogens with one attached hydrogen (secondary N) is 2. The molecule has 2 heterocycles. The Hall–Kier alpha value is -3.23. The molecule has 0 bridgehead atoms. The van der Waals surface area contributed by atoms with Gasteiger partial charge in [0, 0.05) is 35.7 Å². The van der Waals surface area contributed by atoms with Crippen molar-refractivity contribution in [3.8, 4) is 22.4 Å². The van der Waals surface area contributed by atoms with Crippen LogP contribution in [0.5, 0.6) is 0 Å². The van der Waals surface area contributed by atoms with Crippen LogP contribution in [0.1, 0.15) is 16.8 Å². The van der Waals surface area contributed by atoms with Gasteiger partial charge in [-0.3, -0.25) is 19.8 Å². The average Bonchev–Trinajstić information content (AvgIpc) is 2.77. The summed E-state index contributed by atoms with van der Waals surface area (Å²) in [6.45, 7) is 0. The van der Waals surface area contributed by atoms with E-state index in [0.717, 1.165) is 16.7 Å². The van der Waals surface area contributed by atoms with Crippen molar-refractivity contribution in [2.45, 2.75) is 6.42 Å². The number of rotatable bonds is 7. The molecule has 0 aliphatic carbocycles. The van der Waals surface area contributed by atoms with Gasteiger partial charge in [0.2, 0.25) is 5.91 Å². The molecule has 29 heavy (non-hydrogen) atoms. The minimum atomic E-state index is -0.680. The fourth-order valence-electron chi connectivity index (χ4n) is 2.71. The molecule has 0 aliphatic rings. The van der Waals surface area contributed by atoms with E-state index in [2.05, 4.69) is 15.3 Å². The number of hydrogen-bond donors (Lipinski definition) is 3. The van der Waals surface area contributed by atoms with Crippen molar-refractivity contribution in [1.82, 2.24) is 15.4 Å². The van der Waals surface area contributed by atoms with E-state index in [1.54, 1.807) is 35.7 Å². The molecule has 148 valence electrons. The third-order valence-electron chi connectivity index (χ3n) is 4.17. The first-order valence-corrected chi connectivity index (χ1v) is 10.3. The van der Waals surface area contributed by atoms with E-state index in [1.807, 2.05) is 42.7 Å². The van der Waals surface area contributed by atoms with E-state index in [1.165, 1.54) is 6.07 Å². The van der Waals surface area contributed by atoms with Crippen molar-refractivity contribution >= 4 is 29.4 Å². The van der Waals surface area contributed by atoms with E-state index in [9.17, 15) is 9.59 Å². The molecule has 3 N–H and O–H groups in total. The highest BCUT2D eigenvalue weighted by Crippen LogP contribution is 2.25. The summed E-state index contributed by atoms with van der Waals surface area (Å²) in [6, 6.07) is 14.4. The number of amides is 2. The molecule has 0 unspecified atom stereocenters. The largest absolute Gasteiger partial charge is 0.311 e. The highest BCUT2D eigenvalue weighted by atomic mass is 32.2. The molecular formula is C21H20N4O3S. The Bertz CT molecular complexity index is 995. The fourth-order valence-corrected chi connectivity index (χ4v) is 3.09. The van der Waals surface area contributed by atoms with Crippen LogP contribution < -0.4 is 10.8 Å². The predicted molar refractivity (Wildman–Crippen MR) is 114 cm³/mol. The van der Waals surface area contributed by atoms with Crippen LogP contribution in [0.25, 0.3) is 22.4 Å². The van der Waals surface area contributed by atoms with Crippen LogP contribution in [-0.2, 0) is 4.79 Å². The summed E-state index contributed by atoms with van der Waals surface area (Å²) in [4.78, 5) is 32.6. The maximum absolute atomic E-state index is 12.1. The van der Waals surface area contributed by atoms with Crippen LogP contribution in [0.4, 0.5) is 5.82 Å². The van der Waals surface area contributed by atoms with E-state index in [-0.39, 0.29) is 17.3 Å². The maximum atomic E-state index is 12.1. The molecule has 0 spiro atoms. The molecule has 2 amide bonds. The minimum Gasteiger partial charge on any atom is -0.311 e. The minimum absolute atomic E-state index is 0.189. The Morgan fingerprint density at radius 3 is 2.48 bits per heavy atom. The normalized spacial score (nSPS) is 10.4. The molecule has 0 atom stereocenters. The van der Waals surface area contributed by atoms with Crippen LogP contribution in [0.15, 0.2) is 60.9 Å². The van der Waals surface area contributed by atoms with Gasteiger partial charge in [-0.2, -0.15) is 11.8 Å². The van der Waals surface area contributed by atoms with E-state index in [0.29, 0.717) is 17.9 Å². The number of pyridine rings is 2. The molecule has 3 rings (SSSR count). The number of hydrogen-bond acceptors (Lipinski definition) is 6. The lowest BCUT2D eigenvalue weighted by atomic mass is 10.0. The second-order valence-electron chi connectivity index (χ2n) is 6.18. The smallest absolute Gasteiger partial charge is 0.274 e. The monoisotopic (exact) mass is 408 g/mol. The van der Waals surface area contributed by atoms with Gasteiger partial charge < -0.3 is 5.32 Å². The molecule has 0 saturated heterocycles. The Morgan fingerprint density at radius 1 is 1.07 bits per heavy atom. The maximum Gasteiger partial charge on any atom is 0.274 e.